The van der Waals surface area contributed by atoms with Gasteiger partial charge in [-0.15, -0.1) is 0 Å². The molecule has 132 valence electrons. The highest BCUT2D eigenvalue weighted by Gasteiger charge is 2.06. The molecule has 0 bridgehead atoms. The van der Waals surface area contributed by atoms with E-state index in [4.69, 9.17) is 4.74 Å². The summed E-state index contributed by atoms with van der Waals surface area (Å²) < 4.78 is 10.2. The van der Waals surface area contributed by atoms with Crippen molar-refractivity contribution < 1.29 is 19.1 Å². The Kier molecular flexibility index (Phi) is 6.83. The average molecular weight is 342 g/mol. The van der Waals surface area contributed by atoms with Crippen molar-refractivity contribution in [1.29, 1.82) is 0 Å². The van der Waals surface area contributed by atoms with Gasteiger partial charge in [-0.1, -0.05) is 13.0 Å². The summed E-state index contributed by atoms with van der Waals surface area (Å²) in [5.41, 5.74) is 1.88. The minimum atomic E-state index is -0.394. The number of hydrogen-bond donors (Lipinski definition) is 2. The van der Waals surface area contributed by atoms with Crippen LogP contribution in [0.15, 0.2) is 48.5 Å². The van der Waals surface area contributed by atoms with E-state index in [1.54, 1.807) is 30.3 Å². The number of methoxy groups -OCH3 is 1. The van der Waals surface area contributed by atoms with Crippen molar-refractivity contribution in [2.45, 2.75) is 13.3 Å². The van der Waals surface area contributed by atoms with Gasteiger partial charge in [-0.05, 0) is 42.8 Å². The third kappa shape index (κ3) is 5.84. The lowest BCUT2D eigenvalue weighted by atomic mass is 10.2. The van der Waals surface area contributed by atoms with Gasteiger partial charge in [-0.3, -0.25) is 4.79 Å². The molecule has 2 rings (SSSR count). The highest BCUT2D eigenvalue weighted by Crippen LogP contribution is 2.17. The Hall–Kier alpha value is -3.02. The molecule has 6 heteroatoms. The quantitative estimate of drug-likeness (QED) is 0.720. The second-order valence-electron chi connectivity index (χ2n) is 5.35. The zero-order valence-electron chi connectivity index (χ0n) is 14.4. The second kappa shape index (κ2) is 9.32. The molecule has 0 saturated carbocycles. The molecule has 0 aliphatic carbocycles. The standard InChI is InChI=1S/C19H22N2O4/c1-3-11-25-17-6-4-5-16(12-17)21-18(22)13-20-15-9-7-14(8-10-15)19(23)24-2/h4-10,12,20H,3,11,13H2,1-2H3,(H,21,22). The van der Waals surface area contributed by atoms with Crippen LogP contribution in [0.3, 0.4) is 0 Å². The van der Waals surface area contributed by atoms with Gasteiger partial charge in [0.1, 0.15) is 5.75 Å². The van der Waals surface area contributed by atoms with Gasteiger partial charge in [0.15, 0.2) is 0 Å². The molecule has 0 unspecified atom stereocenters. The SMILES string of the molecule is CCCOc1cccc(NC(=O)CNc2ccc(C(=O)OC)cc2)c1. The van der Waals surface area contributed by atoms with Gasteiger partial charge in [0.05, 0.1) is 25.8 Å². The summed E-state index contributed by atoms with van der Waals surface area (Å²) in [6.45, 7) is 2.78. The first-order valence-corrected chi connectivity index (χ1v) is 8.07. The van der Waals surface area contributed by atoms with Crippen LogP contribution in [0.25, 0.3) is 0 Å². The van der Waals surface area contributed by atoms with Gasteiger partial charge >= 0.3 is 5.97 Å². The number of amides is 1. The normalized spacial score (nSPS) is 10.0. The number of benzene rings is 2. The predicted molar refractivity (Wildman–Crippen MR) is 97.1 cm³/mol. The van der Waals surface area contributed by atoms with E-state index in [2.05, 4.69) is 15.4 Å². The molecule has 1 amide bonds. The zero-order chi connectivity index (χ0) is 18.1. The van der Waals surface area contributed by atoms with Crippen molar-refractivity contribution in [2.24, 2.45) is 0 Å². The molecule has 2 aromatic carbocycles. The van der Waals surface area contributed by atoms with E-state index in [0.717, 1.165) is 17.9 Å². The molecule has 6 nitrogen and oxygen atoms in total. The van der Waals surface area contributed by atoms with Crippen molar-refractivity contribution in [3.63, 3.8) is 0 Å². The van der Waals surface area contributed by atoms with Crippen molar-refractivity contribution in [3.8, 4) is 5.75 Å². The van der Waals surface area contributed by atoms with Crippen LogP contribution in [-0.2, 0) is 9.53 Å². The van der Waals surface area contributed by atoms with E-state index >= 15 is 0 Å². The summed E-state index contributed by atoms with van der Waals surface area (Å²) in [6.07, 6.45) is 0.926. The molecule has 2 aromatic rings. The molecular weight excluding hydrogens is 320 g/mol. The number of carbonyl (C=O) groups is 2. The lowest BCUT2D eigenvalue weighted by Gasteiger charge is -2.10. The van der Waals surface area contributed by atoms with E-state index in [1.165, 1.54) is 7.11 Å². The Morgan fingerprint density at radius 3 is 2.48 bits per heavy atom. The molecule has 0 saturated heterocycles. The number of nitrogens with one attached hydrogen (secondary N) is 2. The minimum Gasteiger partial charge on any atom is -0.494 e. The molecule has 0 heterocycles. The largest absolute Gasteiger partial charge is 0.494 e. The fourth-order valence-electron chi connectivity index (χ4n) is 2.11. The number of carbonyl (C=O) groups excluding carboxylic acids is 2. The van der Waals surface area contributed by atoms with Crippen LogP contribution in [0.4, 0.5) is 11.4 Å². The smallest absolute Gasteiger partial charge is 0.337 e. The van der Waals surface area contributed by atoms with E-state index in [9.17, 15) is 9.59 Å². The summed E-state index contributed by atoms with van der Waals surface area (Å²) in [5, 5.41) is 5.81. The van der Waals surface area contributed by atoms with E-state index < -0.39 is 5.97 Å². The lowest BCUT2D eigenvalue weighted by Crippen LogP contribution is -2.21. The molecule has 0 aliphatic heterocycles. The molecule has 0 atom stereocenters. The highest BCUT2D eigenvalue weighted by molar-refractivity contribution is 5.94. The first-order chi connectivity index (χ1) is 12.1. The Bertz CT molecular complexity index is 714. The topological polar surface area (TPSA) is 76.7 Å². The van der Waals surface area contributed by atoms with Gasteiger partial charge in [-0.25, -0.2) is 4.79 Å². The van der Waals surface area contributed by atoms with Crippen LogP contribution in [0.2, 0.25) is 0 Å². The maximum Gasteiger partial charge on any atom is 0.337 e. The number of anilines is 2. The molecule has 2 N–H and O–H groups in total. The fraction of sp³-hybridized carbons (Fsp3) is 0.263. The summed E-state index contributed by atoms with van der Waals surface area (Å²) >= 11 is 0. The Balaban J connectivity index is 1.85. The van der Waals surface area contributed by atoms with E-state index in [1.807, 2.05) is 25.1 Å². The first-order valence-electron chi connectivity index (χ1n) is 8.07. The summed E-state index contributed by atoms with van der Waals surface area (Å²) in [5.74, 6) is 0.158. The minimum absolute atomic E-state index is 0.109. The molecule has 0 spiro atoms. The van der Waals surface area contributed by atoms with Crippen LogP contribution in [0, 0.1) is 0 Å². The van der Waals surface area contributed by atoms with Crippen molar-refractivity contribution in [3.05, 3.63) is 54.1 Å². The van der Waals surface area contributed by atoms with Crippen LogP contribution in [-0.4, -0.2) is 32.1 Å². The lowest BCUT2D eigenvalue weighted by molar-refractivity contribution is -0.114. The fourth-order valence-corrected chi connectivity index (χ4v) is 2.11. The second-order valence-corrected chi connectivity index (χ2v) is 5.35. The molecule has 0 aromatic heterocycles. The first kappa shape index (κ1) is 18.3. The van der Waals surface area contributed by atoms with E-state index in [-0.39, 0.29) is 12.5 Å². The molecule has 0 radical (unpaired) electrons. The van der Waals surface area contributed by atoms with Crippen LogP contribution < -0.4 is 15.4 Å². The van der Waals surface area contributed by atoms with Gasteiger partial charge in [0.25, 0.3) is 0 Å². The van der Waals surface area contributed by atoms with Crippen LogP contribution in [0.5, 0.6) is 5.75 Å². The summed E-state index contributed by atoms with van der Waals surface area (Å²) in [4.78, 5) is 23.4. The number of rotatable bonds is 8. The van der Waals surface area contributed by atoms with Gasteiger partial charge in [0.2, 0.25) is 5.91 Å². The monoisotopic (exact) mass is 342 g/mol. The van der Waals surface area contributed by atoms with Gasteiger partial charge in [-0.2, -0.15) is 0 Å². The zero-order valence-corrected chi connectivity index (χ0v) is 14.4. The summed E-state index contributed by atoms with van der Waals surface area (Å²) in [6, 6.07) is 14.0. The summed E-state index contributed by atoms with van der Waals surface area (Å²) in [7, 11) is 1.33. The van der Waals surface area contributed by atoms with Crippen molar-refractivity contribution in [2.75, 3.05) is 30.9 Å². The Labute approximate surface area is 147 Å². The average Bonchev–Trinajstić information content (AvgIpc) is 2.65. The van der Waals surface area contributed by atoms with Gasteiger partial charge in [0, 0.05) is 17.4 Å². The van der Waals surface area contributed by atoms with Crippen LogP contribution in [0.1, 0.15) is 23.7 Å². The Morgan fingerprint density at radius 2 is 1.80 bits per heavy atom. The molecule has 25 heavy (non-hydrogen) atoms. The Morgan fingerprint density at radius 1 is 1.04 bits per heavy atom. The van der Waals surface area contributed by atoms with Crippen LogP contribution >= 0.6 is 0 Å². The van der Waals surface area contributed by atoms with Crippen molar-refractivity contribution >= 4 is 23.3 Å². The molecule has 0 aliphatic rings. The molecule has 0 fully saturated rings. The molecular formula is C19H22N2O4. The number of hydrogen-bond acceptors (Lipinski definition) is 5. The predicted octanol–water partition coefficient (Wildman–Crippen LogP) is 3.31. The highest BCUT2D eigenvalue weighted by atomic mass is 16.5. The van der Waals surface area contributed by atoms with E-state index in [0.29, 0.717) is 17.9 Å². The maximum absolute atomic E-state index is 12.0. The van der Waals surface area contributed by atoms with Crippen molar-refractivity contribution in [1.82, 2.24) is 0 Å². The number of esters is 1. The third-order valence-corrected chi connectivity index (χ3v) is 3.35. The number of ether oxygens (including phenoxy) is 2. The van der Waals surface area contributed by atoms with Gasteiger partial charge < -0.3 is 20.1 Å². The third-order valence-electron chi connectivity index (χ3n) is 3.35. The maximum atomic E-state index is 12.0.